The zero-order valence-electron chi connectivity index (χ0n) is 37.1. The van der Waals surface area contributed by atoms with Gasteiger partial charge in [-0.3, -0.25) is 0 Å². The topological polar surface area (TPSA) is 3.24 Å². The van der Waals surface area contributed by atoms with E-state index >= 15 is 0 Å². The maximum absolute atomic E-state index is 2.45. The Morgan fingerprint density at radius 3 is 1.21 bits per heavy atom. The van der Waals surface area contributed by atoms with Crippen molar-refractivity contribution >= 4 is 38.6 Å². The SMILES string of the molecule is CC1(C)c2ccccc2-c2c(-c3ccccc3N(c3ccc(-c4ccc(-c5ccccc5)cc4)cc3)c3ccc(-c4c(-c5ccccc5)c5ccccc5c5ccccc45)cc3)cccc21. The van der Waals surface area contributed by atoms with Crippen molar-refractivity contribution in [3.05, 3.63) is 260 Å². The summed E-state index contributed by atoms with van der Waals surface area (Å²) in [4.78, 5) is 2.45. The minimum Gasteiger partial charge on any atom is -0.310 e. The maximum Gasteiger partial charge on any atom is 0.0540 e. The molecule has 0 bridgehead atoms. The molecular weight excluding hydrogens is 795 g/mol. The molecule has 11 aromatic rings. The first-order valence-corrected chi connectivity index (χ1v) is 23.0. The molecule has 1 heteroatoms. The van der Waals surface area contributed by atoms with Gasteiger partial charge in [0.05, 0.1) is 5.69 Å². The average Bonchev–Trinajstić information content (AvgIpc) is 3.63. The van der Waals surface area contributed by atoms with E-state index in [-0.39, 0.29) is 5.41 Å². The highest BCUT2D eigenvalue weighted by molar-refractivity contribution is 6.21. The van der Waals surface area contributed by atoms with E-state index in [9.17, 15) is 0 Å². The lowest BCUT2D eigenvalue weighted by atomic mass is 9.82. The van der Waals surface area contributed by atoms with E-state index in [4.69, 9.17) is 0 Å². The summed E-state index contributed by atoms with van der Waals surface area (Å²) in [7, 11) is 0. The van der Waals surface area contributed by atoms with E-state index in [0.29, 0.717) is 0 Å². The molecule has 0 aliphatic heterocycles. The van der Waals surface area contributed by atoms with Gasteiger partial charge < -0.3 is 4.90 Å². The predicted octanol–water partition coefficient (Wildman–Crippen LogP) is 18.1. The van der Waals surface area contributed by atoms with Crippen LogP contribution in [-0.2, 0) is 5.41 Å². The van der Waals surface area contributed by atoms with Gasteiger partial charge in [-0.2, -0.15) is 0 Å². The van der Waals surface area contributed by atoms with Crippen LogP contribution in [0.1, 0.15) is 25.0 Å². The van der Waals surface area contributed by atoms with Crippen molar-refractivity contribution in [1.29, 1.82) is 0 Å². The van der Waals surface area contributed by atoms with Crippen molar-refractivity contribution in [2.24, 2.45) is 0 Å². The Balaban J connectivity index is 1.03. The molecule has 1 aliphatic rings. The fourth-order valence-electron chi connectivity index (χ4n) is 10.7. The number of benzene rings is 11. The van der Waals surface area contributed by atoms with Gasteiger partial charge in [0.25, 0.3) is 0 Å². The van der Waals surface area contributed by atoms with Crippen LogP contribution < -0.4 is 4.90 Å². The van der Waals surface area contributed by atoms with Crippen molar-refractivity contribution in [3.8, 4) is 66.8 Å². The molecule has 0 spiro atoms. The molecule has 0 heterocycles. The van der Waals surface area contributed by atoms with E-state index in [1.165, 1.54) is 99.4 Å². The molecule has 0 atom stereocenters. The fraction of sp³-hybridized carbons (Fsp3) is 0.0462. The van der Waals surface area contributed by atoms with Gasteiger partial charge in [0.15, 0.2) is 0 Å². The van der Waals surface area contributed by atoms with Crippen LogP contribution in [0.15, 0.2) is 249 Å². The third-order valence-electron chi connectivity index (χ3n) is 13.9. The number of hydrogen-bond acceptors (Lipinski definition) is 1. The largest absolute Gasteiger partial charge is 0.310 e. The summed E-state index contributed by atoms with van der Waals surface area (Å²) in [6, 6.07) is 91.3. The Labute approximate surface area is 387 Å². The highest BCUT2D eigenvalue weighted by Crippen LogP contribution is 2.54. The quantitative estimate of drug-likeness (QED) is 0.138. The lowest BCUT2D eigenvalue weighted by Crippen LogP contribution is -2.14. The van der Waals surface area contributed by atoms with Gasteiger partial charge >= 0.3 is 0 Å². The number of hydrogen-bond donors (Lipinski definition) is 0. The highest BCUT2D eigenvalue weighted by atomic mass is 15.1. The first kappa shape index (κ1) is 39.3. The zero-order chi connectivity index (χ0) is 44.2. The van der Waals surface area contributed by atoms with Crippen LogP contribution in [0.5, 0.6) is 0 Å². The van der Waals surface area contributed by atoms with Crippen molar-refractivity contribution in [1.82, 2.24) is 0 Å². The summed E-state index contributed by atoms with van der Waals surface area (Å²) in [6.07, 6.45) is 0. The molecular formula is C65H47N. The lowest BCUT2D eigenvalue weighted by Gasteiger charge is -2.29. The van der Waals surface area contributed by atoms with Gasteiger partial charge in [-0.05, 0) is 124 Å². The summed E-state index contributed by atoms with van der Waals surface area (Å²) in [5, 5.41) is 5.03. The van der Waals surface area contributed by atoms with Crippen LogP contribution in [0.4, 0.5) is 17.1 Å². The van der Waals surface area contributed by atoms with E-state index in [1.807, 2.05) is 0 Å². The third kappa shape index (κ3) is 6.55. The monoisotopic (exact) mass is 841 g/mol. The van der Waals surface area contributed by atoms with E-state index in [1.54, 1.807) is 0 Å². The summed E-state index contributed by atoms with van der Waals surface area (Å²) < 4.78 is 0. The Morgan fingerprint density at radius 1 is 0.258 bits per heavy atom. The van der Waals surface area contributed by atoms with Crippen molar-refractivity contribution in [2.75, 3.05) is 4.90 Å². The Hall–Kier alpha value is -8.26. The summed E-state index contributed by atoms with van der Waals surface area (Å²) in [5.74, 6) is 0. The van der Waals surface area contributed by atoms with Gasteiger partial charge in [0.2, 0.25) is 0 Å². The third-order valence-corrected chi connectivity index (χ3v) is 13.9. The Morgan fingerprint density at radius 2 is 0.636 bits per heavy atom. The fourth-order valence-corrected chi connectivity index (χ4v) is 10.7. The van der Waals surface area contributed by atoms with Crippen LogP contribution in [0.2, 0.25) is 0 Å². The lowest BCUT2D eigenvalue weighted by molar-refractivity contribution is 0.660. The molecule has 0 saturated heterocycles. The standard InChI is InChI=1S/C65H47N/c1-65(2)59-29-15-13-27-58(59)64-57(28-17-30-60(64)65)54-24-14-16-31-61(54)66(50-40-36-47(37-41-50)46-34-32-45(33-35-46)44-18-5-3-6-19-44)51-42-38-49(39-43-51)63-56-26-12-10-23-53(56)52-22-9-11-25-55(52)62(63)48-20-7-4-8-21-48/h3-43H,1-2H3. The molecule has 1 nitrogen and oxygen atoms in total. The van der Waals surface area contributed by atoms with Gasteiger partial charge in [-0.15, -0.1) is 0 Å². The Kier molecular flexibility index (Phi) is 9.58. The van der Waals surface area contributed by atoms with Crippen LogP contribution in [-0.4, -0.2) is 0 Å². The molecule has 0 N–H and O–H groups in total. The van der Waals surface area contributed by atoms with E-state index in [0.717, 1.165) is 17.1 Å². The van der Waals surface area contributed by atoms with Crippen molar-refractivity contribution in [3.63, 3.8) is 0 Å². The minimum atomic E-state index is -0.104. The smallest absolute Gasteiger partial charge is 0.0540 e. The van der Waals surface area contributed by atoms with Crippen LogP contribution in [0, 0.1) is 0 Å². The molecule has 66 heavy (non-hydrogen) atoms. The molecule has 0 radical (unpaired) electrons. The number of fused-ring (bicyclic) bond motifs is 6. The second-order valence-electron chi connectivity index (χ2n) is 18.0. The number of para-hydroxylation sites is 1. The first-order valence-electron chi connectivity index (χ1n) is 23.0. The van der Waals surface area contributed by atoms with Crippen molar-refractivity contribution in [2.45, 2.75) is 19.3 Å². The number of rotatable bonds is 8. The molecule has 0 amide bonds. The number of anilines is 3. The predicted molar refractivity (Wildman–Crippen MR) is 281 cm³/mol. The molecule has 0 unspecified atom stereocenters. The summed E-state index contributed by atoms with van der Waals surface area (Å²) >= 11 is 0. The first-order chi connectivity index (χ1) is 32.5. The van der Waals surface area contributed by atoms with E-state index in [2.05, 4.69) is 267 Å². The Bertz CT molecular complexity index is 3570. The normalized spacial score (nSPS) is 12.5. The molecule has 0 saturated carbocycles. The summed E-state index contributed by atoms with van der Waals surface area (Å²) in [6.45, 7) is 4.72. The maximum atomic E-state index is 2.45. The molecule has 0 fully saturated rings. The molecule has 0 aromatic heterocycles. The zero-order valence-corrected chi connectivity index (χ0v) is 37.1. The van der Waals surface area contributed by atoms with Gasteiger partial charge in [-0.1, -0.05) is 232 Å². The highest BCUT2D eigenvalue weighted by Gasteiger charge is 2.37. The number of nitrogens with zero attached hydrogens (tertiary/aromatic N) is 1. The van der Waals surface area contributed by atoms with E-state index < -0.39 is 0 Å². The van der Waals surface area contributed by atoms with Gasteiger partial charge in [-0.25, -0.2) is 0 Å². The van der Waals surface area contributed by atoms with Crippen LogP contribution >= 0.6 is 0 Å². The minimum absolute atomic E-state index is 0.104. The second kappa shape index (κ2) is 16.1. The molecule has 312 valence electrons. The van der Waals surface area contributed by atoms with Gasteiger partial charge in [0, 0.05) is 22.4 Å². The van der Waals surface area contributed by atoms with Crippen LogP contribution in [0.3, 0.4) is 0 Å². The molecule has 12 rings (SSSR count). The summed E-state index contributed by atoms with van der Waals surface area (Å²) in [5.41, 5.74) is 20.7. The molecule has 1 aliphatic carbocycles. The van der Waals surface area contributed by atoms with Crippen molar-refractivity contribution < 1.29 is 0 Å². The van der Waals surface area contributed by atoms with Crippen LogP contribution in [0.25, 0.3) is 88.3 Å². The van der Waals surface area contributed by atoms with Gasteiger partial charge in [0.1, 0.15) is 0 Å². The molecule has 11 aromatic carbocycles. The average molecular weight is 842 g/mol. The second-order valence-corrected chi connectivity index (χ2v) is 18.0.